The summed E-state index contributed by atoms with van der Waals surface area (Å²) >= 11 is 5.70. The number of thiocarbonyl (C=S) groups is 1. The number of ether oxygens (including phenoxy) is 1. The second-order valence-electron chi connectivity index (χ2n) is 7.56. The lowest BCUT2D eigenvalue weighted by molar-refractivity contribution is -0.120. The number of rotatable bonds is 4. The number of anilines is 2. The SMILES string of the molecule is [C-]#[N+]c1ccc(N2C(=O)C(C)(C)N(c3ccc(OC(C)C)cc3)C2=S)cc1C. The quantitative estimate of drug-likeness (QED) is 0.525. The summed E-state index contributed by atoms with van der Waals surface area (Å²) < 4.78 is 5.70. The maximum atomic E-state index is 13.2. The van der Waals surface area contributed by atoms with E-state index in [1.54, 1.807) is 17.0 Å². The standard InChI is InChI=1S/C22H23N3O2S/c1-14(2)27-18-10-7-16(8-11-18)25-21(28)24(20(26)22(25,4)5)17-9-12-19(23-6)15(3)13-17/h7-14H,1-5H3. The molecule has 0 spiro atoms. The summed E-state index contributed by atoms with van der Waals surface area (Å²) in [5.74, 6) is 0.671. The summed E-state index contributed by atoms with van der Waals surface area (Å²) in [6.07, 6.45) is 0.0916. The monoisotopic (exact) mass is 393 g/mol. The second-order valence-corrected chi connectivity index (χ2v) is 7.93. The van der Waals surface area contributed by atoms with Gasteiger partial charge in [0.1, 0.15) is 11.3 Å². The number of carbonyl (C=O) groups excluding carboxylic acids is 1. The van der Waals surface area contributed by atoms with Crippen LogP contribution in [0.4, 0.5) is 17.1 Å². The minimum absolute atomic E-state index is 0.0916. The molecule has 0 aromatic heterocycles. The lowest BCUT2D eigenvalue weighted by atomic mass is 10.0. The summed E-state index contributed by atoms with van der Waals surface area (Å²) in [6.45, 7) is 16.7. The predicted molar refractivity (Wildman–Crippen MR) is 116 cm³/mol. The Hall–Kier alpha value is -2.91. The van der Waals surface area contributed by atoms with E-state index >= 15 is 0 Å². The number of amides is 1. The zero-order chi connectivity index (χ0) is 20.6. The molecule has 0 atom stereocenters. The molecule has 144 valence electrons. The van der Waals surface area contributed by atoms with Crippen LogP contribution in [0.25, 0.3) is 4.85 Å². The van der Waals surface area contributed by atoms with Crippen LogP contribution in [-0.2, 0) is 4.79 Å². The maximum absolute atomic E-state index is 13.2. The smallest absolute Gasteiger partial charge is 0.259 e. The number of aryl methyl sites for hydroxylation is 1. The topological polar surface area (TPSA) is 37.1 Å². The molecular weight excluding hydrogens is 370 g/mol. The zero-order valence-electron chi connectivity index (χ0n) is 16.7. The Labute approximate surface area is 171 Å². The highest BCUT2D eigenvalue weighted by Gasteiger charge is 2.50. The van der Waals surface area contributed by atoms with Crippen molar-refractivity contribution in [2.24, 2.45) is 0 Å². The fourth-order valence-electron chi connectivity index (χ4n) is 3.31. The van der Waals surface area contributed by atoms with Gasteiger partial charge in [-0.1, -0.05) is 6.07 Å². The Morgan fingerprint density at radius 2 is 1.71 bits per heavy atom. The summed E-state index contributed by atoms with van der Waals surface area (Å²) in [4.78, 5) is 20.1. The van der Waals surface area contributed by atoms with Crippen LogP contribution in [0, 0.1) is 13.5 Å². The first-order valence-corrected chi connectivity index (χ1v) is 9.51. The van der Waals surface area contributed by atoms with Crippen LogP contribution in [0.5, 0.6) is 5.75 Å². The lowest BCUT2D eigenvalue weighted by Crippen LogP contribution is -2.44. The van der Waals surface area contributed by atoms with Crippen LogP contribution < -0.4 is 14.5 Å². The highest BCUT2D eigenvalue weighted by Crippen LogP contribution is 2.38. The highest BCUT2D eigenvalue weighted by molar-refractivity contribution is 7.81. The molecule has 1 aliphatic heterocycles. The Kier molecular flexibility index (Phi) is 5.14. The molecule has 28 heavy (non-hydrogen) atoms. The largest absolute Gasteiger partial charge is 0.491 e. The molecular formula is C22H23N3O2S. The van der Waals surface area contributed by atoms with E-state index in [9.17, 15) is 4.79 Å². The third-order valence-corrected chi connectivity index (χ3v) is 5.06. The summed E-state index contributed by atoms with van der Waals surface area (Å²) in [7, 11) is 0. The third-order valence-electron chi connectivity index (χ3n) is 4.69. The van der Waals surface area contributed by atoms with Crippen LogP contribution in [0.2, 0.25) is 0 Å². The van der Waals surface area contributed by atoms with Crippen LogP contribution >= 0.6 is 12.2 Å². The van der Waals surface area contributed by atoms with Crippen molar-refractivity contribution in [3.8, 4) is 5.75 Å². The van der Waals surface area contributed by atoms with Crippen LogP contribution in [0.3, 0.4) is 0 Å². The Bertz CT molecular complexity index is 974. The Morgan fingerprint density at radius 3 is 2.25 bits per heavy atom. The van der Waals surface area contributed by atoms with Gasteiger partial charge in [0.05, 0.1) is 12.7 Å². The average Bonchev–Trinajstić information content (AvgIpc) is 2.80. The van der Waals surface area contributed by atoms with Crippen LogP contribution in [-0.4, -0.2) is 22.7 Å². The Morgan fingerprint density at radius 1 is 1.11 bits per heavy atom. The molecule has 0 radical (unpaired) electrons. The van der Waals surface area contributed by atoms with Gasteiger partial charge in [-0.2, -0.15) is 0 Å². The number of hydrogen-bond acceptors (Lipinski definition) is 3. The van der Waals surface area contributed by atoms with Crippen LogP contribution in [0.1, 0.15) is 33.3 Å². The van der Waals surface area contributed by atoms with Crippen molar-refractivity contribution in [1.82, 2.24) is 0 Å². The molecule has 1 amide bonds. The van der Waals surface area contributed by atoms with Gasteiger partial charge in [0.25, 0.3) is 5.91 Å². The number of carbonyl (C=O) groups is 1. The van der Waals surface area contributed by atoms with Crippen molar-refractivity contribution in [2.45, 2.75) is 46.3 Å². The van der Waals surface area contributed by atoms with Crippen molar-refractivity contribution in [2.75, 3.05) is 9.80 Å². The fourth-order valence-corrected chi connectivity index (χ4v) is 3.83. The molecule has 0 bridgehead atoms. The molecule has 1 saturated heterocycles. The van der Waals surface area contributed by atoms with E-state index in [-0.39, 0.29) is 12.0 Å². The first kappa shape index (κ1) is 19.8. The molecule has 5 nitrogen and oxygen atoms in total. The molecule has 1 heterocycles. The summed E-state index contributed by atoms with van der Waals surface area (Å²) in [5, 5.41) is 0.419. The molecule has 1 fully saturated rings. The third kappa shape index (κ3) is 3.34. The van der Waals surface area contributed by atoms with Gasteiger partial charge in [0, 0.05) is 11.4 Å². The maximum Gasteiger partial charge on any atom is 0.259 e. The van der Waals surface area contributed by atoms with Gasteiger partial charge in [-0.3, -0.25) is 9.69 Å². The molecule has 6 heteroatoms. The van der Waals surface area contributed by atoms with Crippen LogP contribution in [0.15, 0.2) is 42.5 Å². The zero-order valence-corrected chi connectivity index (χ0v) is 17.5. The molecule has 0 unspecified atom stereocenters. The van der Waals surface area contributed by atoms with E-state index < -0.39 is 5.54 Å². The first-order chi connectivity index (χ1) is 13.2. The summed E-state index contributed by atoms with van der Waals surface area (Å²) in [5.41, 5.74) is 2.06. The average molecular weight is 394 g/mol. The molecule has 0 saturated carbocycles. The minimum atomic E-state index is -0.829. The molecule has 0 N–H and O–H groups in total. The fraction of sp³-hybridized carbons (Fsp3) is 0.318. The Balaban J connectivity index is 1.98. The molecule has 0 aliphatic carbocycles. The predicted octanol–water partition coefficient (Wildman–Crippen LogP) is 5.25. The van der Waals surface area contributed by atoms with E-state index in [1.807, 2.05) is 69.9 Å². The van der Waals surface area contributed by atoms with Crippen molar-refractivity contribution in [1.29, 1.82) is 0 Å². The lowest BCUT2D eigenvalue weighted by Gasteiger charge is -2.29. The molecule has 2 aromatic carbocycles. The highest BCUT2D eigenvalue weighted by atomic mass is 32.1. The number of hydrogen-bond donors (Lipinski definition) is 0. The normalized spacial score (nSPS) is 15.9. The molecule has 1 aliphatic rings. The van der Waals surface area contributed by atoms with Crippen molar-refractivity contribution < 1.29 is 9.53 Å². The first-order valence-electron chi connectivity index (χ1n) is 9.10. The van der Waals surface area contributed by atoms with E-state index in [1.165, 1.54) is 0 Å². The summed E-state index contributed by atoms with van der Waals surface area (Å²) in [6, 6.07) is 12.9. The van der Waals surface area contributed by atoms with Gasteiger partial charge in [0.15, 0.2) is 10.8 Å². The van der Waals surface area contributed by atoms with E-state index in [4.69, 9.17) is 23.5 Å². The van der Waals surface area contributed by atoms with Crippen molar-refractivity contribution >= 4 is 40.3 Å². The van der Waals surface area contributed by atoms with Gasteiger partial charge in [-0.05, 0) is 88.8 Å². The van der Waals surface area contributed by atoms with E-state index in [0.29, 0.717) is 16.5 Å². The van der Waals surface area contributed by atoms with Gasteiger partial charge < -0.3 is 9.64 Å². The van der Waals surface area contributed by atoms with E-state index in [0.717, 1.165) is 17.0 Å². The van der Waals surface area contributed by atoms with Gasteiger partial charge in [0.2, 0.25) is 0 Å². The number of benzene rings is 2. The van der Waals surface area contributed by atoms with Gasteiger partial charge in [-0.15, -0.1) is 0 Å². The number of nitrogens with zero attached hydrogens (tertiary/aromatic N) is 3. The minimum Gasteiger partial charge on any atom is -0.491 e. The second kappa shape index (κ2) is 7.25. The van der Waals surface area contributed by atoms with Crippen molar-refractivity contribution in [3.05, 3.63) is 59.4 Å². The van der Waals surface area contributed by atoms with Crippen molar-refractivity contribution in [3.63, 3.8) is 0 Å². The van der Waals surface area contributed by atoms with Gasteiger partial charge in [-0.25, -0.2) is 4.85 Å². The molecule has 3 rings (SSSR count). The van der Waals surface area contributed by atoms with Gasteiger partial charge >= 0.3 is 0 Å². The van der Waals surface area contributed by atoms with E-state index in [2.05, 4.69) is 4.85 Å². The molecule has 2 aromatic rings.